The molecule has 0 saturated heterocycles. The summed E-state index contributed by atoms with van der Waals surface area (Å²) in [6, 6.07) is 5.60. The Bertz CT molecular complexity index is 619. The number of benzene rings is 1. The first-order valence-electron chi connectivity index (χ1n) is 6.78. The molecule has 2 N–H and O–H groups in total. The summed E-state index contributed by atoms with van der Waals surface area (Å²) in [4.78, 5) is 8.67. The van der Waals surface area contributed by atoms with Gasteiger partial charge in [-0.05, 0) is 26.0 Å². The second kappa shape index (κ2) is 7.13. The molecule has 0 fully saturated rings. The molecule has 0 unspecified atom stereocenters. The van der Waals surface area contributed by atoms with Gasteiger partial charge >= 0.3 is 0 Å². The molecule has 0 bridgehead atoms. The lowest BCUT2D eigenvalue weighted by Gasteiger charge is -2.13. The molecule has 0 aliphatic carbocycles. The molecule has 1 aromatic carbocycles. The van der Waals surface area contributed by atoms with E-state index in [1.165, 1.54) is 0 Å². The van der Waals surface area contributed by atoms with Gasteiger partial charge in [-0.25, -0.2) is 4.98 Å². The molecule has 0 radical (unpaired) electrons. The number of nitrogens with zero attached hydrogens (tertiary/aromatic N) is 2. The van der Waals surface area contributed by atoms with Crippen molar-refractivity contribution >= 4 is 23.4 Å². The Kier molecular flexibility index (Phi) is 5.22. The quantitative estimate of drug-likeness (QED) is 0.855. The second-order valence-corrected chi connectivity index (χ2v) is 4.94. The summed E-state index contributed by atoms with van der Waals surface area (Å²) >= 11 is 6.23. The lowest BCUT2D eigenvalue weighted by molar-refractivity contribution is 0.410. The van der Waals surface area contributed by atoms with Gasteiger partial charge < -0.3 is 15.4 Å². The number of aromatic nitrogens is 2. The minimum Gasteiger partial charge on any atom is -0.496 e. The van der Waals surface area contributed by atoms with Crippen molar-refractivity contribution in [3.63, 3.8) is 0 Å². The zero-order chi connectivity index (χ0) is 15.2. The molecule has 5 nitrogen and oxygen atoms in total. The third-order valence-corrected chi connectivity index (χ3v) is 3.39. The van der Waals surface area contributed by atoms with Crippen LogP contribution < -0.4 is 15.4 Å². The van der Waals surface area contributed by atoms with Gasteiger partial charge in [-0.15, -0.1) is 0 Å². The van der Waals surface area contributed by atoms with Crippen LogP contribution in [0.5, 0.6) is 5.75 Å². The number of hydrogen-bond acceptors (Lipinski definition) is 5. The summed E-state index contributed by atoms with van der Waals surface area (Å²) in [5.41, 5.74) is 1.88. The molecule has 1 heterocycles. The fourth-order valence-electron chi connectivity index (χ4n) is 1.94. The summed E-state index contributed by atoms with van der Waals surface area (Å²) in [6.45, 7) is 5.28. The zero-order valence-electron chi connectivity index (χ0n) is 12.4. The summed E-state index contributed by atoms with van der Waals surface area (Å²) in [6.07, 6.45) is 1.79. The van der Waals surface area contributed by atoms with Crippen LogP contribution in [0.3, 0.4) is 0 Å². The van der Waals surface area contributed by atoms with Crippen LogP contribution in [0.25, 0.3) is 0 Å². The van der Waals surface area contributed by atoms with Crippen LogP contribution >= 0.6 is 11.6 Å². The van der Waals surface area contributed by atoms with Crippen molar-refractivity contribution in [3.8, 4) is 5.75 Å². The molecular weight excluding hydrogens is 288 g/mol. The van der Waals surface area contributed by atoms with Crippen molar-refractivity contribution in [2.75, 3.05) is 24.3 Å². The number of hydrogen-bond donors (Lipinski definition) is 2. The molecule has 6 heteroatoms. The average molecular weight is 307 g/mol. The van der Waals surface area contributed by atoms with Crippen LogP contribution in [0.4, 0.5) is 11.8 Å². The van der Waals surface area contributed by atoms with Gasteiger partial charge in [0.1, 0.15) is 11.6 Å². The Morgan fingerprint density at radius 2 is 2.10 bits per heavy atom. The van der Waals surface area contributed by atoms with Gasteiger partial charge in [0.2, 0.25) is 5.95 Å². The van der Waals surface area contributed by atoms with Crippen molar-refractivity contribution in [2.24, 2.45) is 0 Å². The van der Waals surface area contributed by atoms with Gasteiger partial charge in [-0.3, -0.25) is 0 Å². The maximum Gasteiger partial charge on any atom is 0.224 e. The Morgan fingerprint density at radius 3 is 2.81 bits per heavy atom. The van der Waals surface area contributed by atoms with Gasteiger partial charge in [0.05, 0.1) is 7.11 Å². The van der Waals surface area contributed by atoms with Gasteiger partial charge in [-0.2, -0.15) is 4.98 Å². The monoisotopic (exact) mass is 306 g/mol. The van der Waals surface area contributed by atoms with Crippen molar-refractivity contribution < 1.29 is 4.74 Å². The molecule has 0 saturated carbocycles. The molecule has 21 heavy (non-hydrogen) atoms. The van der Waals surface area contributed by atoms with Gasteiger partial charge in [-0.1, -0.05) is 17.7 Å². The predicted molar refractivity (Wildman–Crippen MR) is 86.3 cm³/mol. The van der Waals surface area contributed by atoms with E-state index in [-0.39, 0.29) is 0 Å². The van der Waals surface area contributed by atoms with E-state index in [9.17, 15) is 0 Å². The van der Waals surface area contributed by atoms with Crippen molar-refractivity contribution in [1.82, 2.24) is 9.97 Å². The van der Waals surface area contributed by atoms with E-state index < -0.39 is 0 Å². The van der Waals surface area contributed by atoms with Crippen molar-refractivity contribution in [1.29, 1.82) is 0 Å². The Morgan fingerprint density at radius 1 is 1.29 bits per heavy atom. The molecule has 2 rings (SSSR count). The molecule has 112 valence electrons. The second-order valence-electron chi connectivity index (χ2n) is 4.53. The van der Waals surface area contributed by atoms with Crippen molar-refractivity contribution in [2.45, 2.75) is 20.4 Å². The van der Waals surface area contributed by atoms with Crippen molar-refractivity contribution in [3.05, 3.63) is 40.5 Å². The number of rotatable bonds is 6. The Labute approximate surface area is 129 Å². The molecule has 0 atom stereocenters. The lowest BCUT2D eigenvalue weighted by atomic mass is 10.2. The van der Waals surface area contributed by atoms with Crippen LogP contribution in [-0.2, 0) is 6.54 Å². The maximum absolute atomic E-state index is 6.23. The number of nitrogens with one attached hydrogen (secondary N) is 2. The van der Waals surface area contributed by atoms with Gasteiger partial charge in [0.25, 0.3) is 0 Å². The summed E-state index contributed by atoms with van der Waals surface area (Å²) in [5.74, 6) is 2.15. The van der Waals surface area contributed by atoms with E-state index in [0.717, 1.165) is 29.2 Å². The summed E-state index contributed by atoms with van der Waals surface area (Å²) < 4.78 is 5.34. The largest absolute Gasteiger partial charge is 0.496 e. The van der Waals surface area contributed by atoms with E-state index in [2.05, 4.69) is 20.6 Å². The number of ether oxygens (including phenoxy) is 1. The summed E-state index contributed by atoms with van der Waals surface area (Å²) in [5, 5.41) is 7.05. The molecule has 0 aliphatic rings. The number of aryl methyl sites for hydroxylation is 1. The Hall–Kier alpha value is -2.01. The van der Waals surface area contributed by atoms with E-state index in [1.807, 2.05) is 32.0 Å². The first-order valence-corrected chi connectivity index (χ1v) is 7.16. The highest BCUT2D eigenvalue weighted by atomic mass is 35.5. The molecular formula is C15H19ClN4O. The number of anilines is 2. The average Bonchev–Trinajstić information content (AvgIpc) is 2.48. The Balaban J connectivity index is 2.18. The fourth-order valence-corrected chi connectivity index (χ4v) is 2.17. The van der Waals surface area contributed by atoms with Crippen LogP contribution in [0.1, 0.15) is 18.1 Å². The van der Waals surface area contributed by atoms with Crippen LogP contribution in [0.15, 0.2) is 24.4 Å². The van der Waals surface area contributed by atoms with E-state index in [1.54, 1.807) is 13.3 Å². The van der Waals surface area contributed by atoms with Crippen LogP contribution in [0.2, 0.25) is 5.02 Å². The van der Waals surface area contributed by atoms with E-state index in [0.29, 0.717) is 17.5 Å². The van der Waals surface area contributed by atoms with Gasteiger partial charge in [0.15, 0.2) is 0 Å². The minimum atomic E-state index is 0.534. The molecule has 1 aromatic heterocycles. The molecule has 2 aromatic rings. The standard InChI is InChI=1S/C15H19ClN4O/c1-4-17-15-19-8-10(2)14(20-15)18-9-11-12(16)6-5-7-13(11)21-3/h5-8H,4,9H2,1-3H3,(H2,17,18,19,20). The highest BCUT2D eigenvalue weighted by Crippen LogP contribution is 2.27. The zero-order valence-corrected chi connectivity index (χ0v) is 13.2. The van der Waals surface area contributed by atoms with Crippen LogP contribution in [0, 0.1) is 6.92 Å². The van der Waals surface area contributed by atoms with E-state index in [4.69, 9.17) is 16.3 Å². The normalized spacial score (nSPS) is 10.3. The van der Waals surface area contributed by atoms with Gasteiger partial charge in [0, 0.05) is 35.4 Å². The predicted octanol–water partition coefficient (Wildman–Crippen LogP) is 3.49. The first kappa shape index (κ1) is 15.4. The molecule has 0 aliphatic heterocycles. The fraction of sp³-hybridized carbons (Fsp3) is 0.333. The SMILES string of the molecule is CCNc1ncc(C)c(NCc2c(Cl)cccc2OC)n1. The first-order chi connectivity index (χ1) is 10.2. The smallest absolute Gasteiger partial charge is 0.224 e. The van der Waals surface area contributed by atoms with E-state index >= 15 is 0 Å². The molecule has 0 spiro atoms. The lowest BCUT2D eigenvalue weighted by Crippen LogP contribution is -2.09. The maximum atomic E-state index is 6.23. The number of methoxy groups -OCH3 is 1. The third-order valence-electron chi connectivity index (χ3n) is 3.03. The highest BCUT2D eigenvalue weighted by Gasteiger charge is 2.09. The number of halogens is 1. The van der Waals surface area contributed by atoms with Crippen LogP contribution in [-0.4, -0.2) is 23.6 Å². The molecule has 0 amide bonds. The topological polar surface area (TPSA) is 59.1 Å². The highest BCUT2D eigenvalue weighted by molar-refractivity contribution is 6.31. The third kappa shape index (κ3) is 3.76. The summed E-state index contributed by atoms with van der Waals surface area (Å²) in [7, 11) is 1.63. The minimum absolute atomic E-state index is 0.534.